The predicted octanol–water partition coefficient (Wildman–Crippen LogP) is 0.255. The van der Waals surface area contributed by atoms with Gasteiger partial charge in [0.1, 0.15) is 5.41 Å². The molecular formula is C12H14O5. The van der Waals surface area contributed by atoms with Crippen LogP contribution in [-0.4, -0.2) is 35.8 Å². The quantitative estimate of drug-likeness (QED) is 0.509. The van der Waals surface area contributed by atoms with Gasteiger partial charge in [0, 0.05) is 12.8 Å². The zero-order chi connectivity index (χ0) is 12.4. The van der Waals surface area contributed by atoms with Gasteiger partial charge in [-0.1, -0.05) is 0 Å². The van der Waals surface area contributed by atoms with Gasteiger partial charge in [0.25, 0.3) is 0 Å². The molecule has 3 aliphatic rings. The molecule has 0 aromatic carbocycles. The van der Waals surface area contributed by atoms with Crippen molar-refractivity contribution in [3.05, 3.63) is 0 Å². The second-order valence-corrected chi connectivity index (χ2v) is 5.31. The minimum Gasteiger partial charge on any atom is -0.465 e. The van der Waals surface area contributed by atoms with Crippen LogP contribution in [0.4, 0.5) is 0 Å². The molecule has 0 aliphatic carbocycles. The Hall–Kier alpha value is -1.23. The van der Waals surface area contributed by atoms with Crippen LogP contribution in [0.25, 0.3) is 0 Å². The Kier molecular flexibility index (Phi) is 1.90. The predicted molar refractivity (Wildman–Crippen MR) is 55.1 cm³/mol. The maximum absolute atomic E-state index is 12.1. The second kappa shape index (κ2) is 2.96. The summed E-state index contributed by atoms with van der Waals surface area (Å²) in [5, 5.41) is 0. The average molecular weight is 238 g/mol. The number of carbonyl (C=O) groups is 3. The van der Waals surface area contributed by atoms with Crippen molar-refractivity contribution in [1.29, 1.82) is 0 Å². The molecule has 92 valence electrons. The van der Waals surface area contributed by atoms with Crippen molar-refractivity contribution in [1.82, 2.24) is 0 Å². The highest BCUT2D eigenvalue weighted by Gasteiger charge is 2.76. The van der Waals surface area contributed by atoms with Crippen LogP contribution in [-0.2, 0) is 23.9 Å². The van der Waals surface area contributed by atoms with Crippen molar-refractivity contribution in [2.24, 2.45) is 11.3 Å². The van der Waals surface area contributed by atoms with Crippen molar-refractivity contribution >= 4 is 17.5 Å². The summed E-state index contributed by atoms with van der Waals surface area (Å²) in [7, 11) is 0. The first kappa shape index (κ1) is 10.9. The molecule has 17 heavy (non-hydrogen) atoms. The molecule has 0 amide bonds. The van der Waals surface area contributed by atoms with Crippen LogP contribution in [0.15, 0.2) is 0 Å². The van der Waals surface area contributed by atoms with E-state index in [9.17, 15) is 14.4 Å². The van der Waals surface area contributed by atoms with Gasteiger partial charge in [0.15, 0.2) is 11.4 Å². The Morgan fingerprint density at radius 1 is 1.41 bits per heavy atom. The summed E-state index contributed by atoms with van der Waals surface area (Å²) in [6.45, 7) is 3.23. The number of ether oxygens (including phenoxy) is 2. The third-order valence-corrected chi connectivity index (χ3v) is 4.67. The largest absolute Gasteiger partial charge is 0.465 e. The van der Waals surface area contributed by atoms with Gasteiger partial charge in [0.05, 0.1) is 12.7 Å². The smallest absolute Gasteiger partial charge is 0.315 e. The van der Waals surface area contributed by atoms with E-state index in [4.69, 9.17) is 9.47 Å². The van der Waals surface area contributed by atoms with E-state index in [-0.39, 0.29) is 12.0 Å². The summed E-state index contributed by atoms with van der Waals surface area (Å²) in [6.07, 6.45) is 1.03. The van der Waals surface area contributed by atoms with E-state index in [0.29, 0.717) is 13.0 Å². The van der Waals surface area contributed by atoms with Crippen LogP contribution < -0.4 is 0 Å². The number of fused-ring (bicyclic) bond motifs is 5. The number of ketones is 2. The summed E-state index contributed by atoms with van der Waals surface area (Å²) >= 11 is 0. The van der Waals surface area contributed by atoms with Gasteiger partial charge in [-0.3, -0.25) is 14.4 Å². The van der Waals surface area contributed by atoms with Gasteiger partial charge in [-0.2, -0.15) is 0 Å². The summed E-state index contributed by atoms with van der Waals surface area (Å²) in [4.78, 5) is 35.4. The number of cyclic esters (lactones) is 1. The van der Waals surface area contributed by atoms with E-state index in [1.165, 1.54) is 6.92 Å². The zero-order valence-corrected chi connectivity index (χ0v) is 9.82. The third kappa shape index (κ3) is 0.972. The number of hydrogen-bond donors (Lipinski definition) is 0. The summed E-state index contributed by atoms with van der Waals surface area (Å²) in [5.74, 6) is -1.62. The number of esters is 1. The molecule has 0 aromatic rings. The highest BCUT2D eigenvalue weighted by atomic mass is 16.6. The van der Waals surface area contributed by atoms with E-state index in [1.807, 2.05) is 0 Å². The second-order valence-electron chi connectivity index (χ2n) is 5.31. The Morgan fingerprint density at radius 3 is 2.76 bits per heavy atom. The van der Waals surface area contributed by atoms with Gasteiger partial charge in [-0.05, 0) is 19.8 Å². The van der Waals surface area contributed by atoms with E-state index in [2.05, 4.69) is 0 Å². The third-order valence-electron chi connectivity index (χ3n) is 4.67. The van der Waals surface area contributed by atoms with Crippen LogP contribution >= 0.6 is 0 Å². The number of carbonyl (C=O) groups excluding carboxylic acids is 3. The molecule has 0 aromatic heterocycles. The number of rotatable bonds is 2. The monoisotopic (exact) mass is 238 g/mol. The molecule has 3 aliphatic heterocycles. The molecule has 3 rings (SSSR count). The fourth-order valence-electron chi connectivity index (χ4n) is 3.65. The standard InChI is InChI=1S/C12H14O5/c1-6(13)9(14)12-4-3-8(17-12)7-5-16-10(15)11(7,12)2/h7-8H,3-5H2,1-2H3/t7-,8-,11-,12+/m0/s1. The molecule has 4 atom stereocenters. The first-order chi connectivity index (χ1) is 7.93. The molecule has 0 saturated carbocycles. The van der Waals surface area contributed by atoms with Crippen LogP contribution in [0.3, 0.4) is 0 Å². The summed E-state index contributed by atoms with van der Waals surface area (Å²) < 4.78 is 10.8. The van der Waals surface area contributed by atoms with E-state index >= 15 is 0 Å². The minimum atomic E-state index is -1.26. The topological polar surface area (TPSA) is 69.7 Å². The molecule has 5 nitrogen and oxygen atoms in total. The Labute approximate surface area is 98.4 Å². The normalized spacial score (nSPS) is 46.8. The van der Waals surface area contributed by atoms with E-state index in [0.717, 1.165) is 6.42 Å². The molecule has 3 fully saturated rings. The van der Waals surface area contributed by atoms with Crippen LogP contribution in [0.5, 0.6) is 0 Å². The first-order valence-electron chi connectivity index (χ1n) is 5.84. The highest BCUT2D eigenvalue weighted by Crippen LogP contribution is 2.62. The highest BCUT2D eigenvalue weighted by molar-refractivity contribution is 6.40. The zero-order valence-electron chi connectivity index (χ0n) is 9.82. The van der Waals surface area contributed by atoms with Gasteiger partial charge < -0.3 is 9.47 Å². The summed E-state index contributed by atoms with van der Waals surface area (Å²) in [5.41, 5.74) is -2.24. The lowest BCUT2D eigenvalue weighted by molar-refractivity contribution is -0.166. The molecule has 0 spiro atoms. The van der Waals surface area contributed by atoms with Crippen molar-refractivity contribution < 1.29 is 23.9 Å². The molecule has 2 bridgehead atoms. The Balaban J connectivity index is 2.13. The molecule has 0 unspecified atom stereocenters. The molecule has 5 heteroatoms. The van der Waals surface area contributed by atoms with Crippen molar-refractivity contribution in [2.45, 2.75) is 38.4 Å². The SMILES string of the molecule is CC(=O)C(=O)[C@@]12CC[C@H](O1)[C@@H]1COC(=O)[C@]12C. The minimum absolute atomic E-state index is 0.0907. The van der Waals surface area contributed by atoms with Gasteiger partial charge in [-0.15, -0.1) is 0 Å². The number of hydrogen-bond acceptors (Lipinski definition) is 5. The van der Waals surface area contributed by atoms with Gasteiger partial charge in [-0.25, -0.2) is 0 Å². The Morgan fingerprint density at radius 2 is 2.12 bits per heavy atom. The maximum Gasteiger partial charge on any atom is 0.315 e. The molecule has 3 heterocycles. The van der Waals surface area contributed by atoms with Crippen LogP contribution in [0.2, 0.25) is 0 Å². The first-order valence-corrected chi connectivity index (χ1v) is 5.84. The lowest BCUT2D eigenvalue weighted by Gasteiger charge is -2.36. The summed E-state index contributed by atoms with van der Waals surface area (Å²) in [6, 6.07) is 0. The molecular weight excluding hydrogens is 224 g/mol. The van der Waals surface area contributed by atoms with Crippen LogP contribution in [0, 0.1) is 11.3 Å². The van der Waals surface area contributed by atoms with Crippen molar-refractivity contribution in [3.63, 3.8) is 0 Å². The molecule has 0 N–H and O–H groups in total. The fourth-order valence-corrected chi connectivity index (χ4v) is 3.65. The van der Waals surface area contributed by atoms with E-state index < -0.39 is 28.6 Å². The lowest BCUT2D eigenvalue weighted by atomic mass is 9.60. The van der Waals surface area contributed by atoms with Crippen molar-refractivity contribution in [2.75, 3.05) is 6.61 Å². The van der Waals surface area contributed by atoms with Crippen LogP contribution in [0.1, 0.15) is 26.7 Å². The van der Waals surface area contributed by atoms with Gasteiger partial charge in [0.2, 0.25) is 5.78 Å². The van der Waals surface area contributed by atoms with Crippen molar-refractivity contribution in [3.8, 4) is 0 Å². The average Bonchev–Trinajstić information content (AvgIpc) is 2.89. The molecule has 3 saturated heterocycles. The maximum atomic E-state index is 12.1. The Bertz CT molecular complexity index is 442. The van der Waals surface area contributed by atoms with Gasteiger partial charge >= 0.3 is 5.97 Å². The fraction of sp³-hybridized carbons (Fsp3) is 0.750. The molecule has 0 radical (unpaired) electrons. The lowest BCUT2D eigenvalue weighted by Crippen LogP contribution is -2.56. The number of Topliss-reactive ketones (excluding diaryl/α,β-unsaturated/α-hetero) is 2. The van der Waals surface area contributed by atoms with E-state index in [1.54, 1.807) is 6.92 Å².